The maximum Gasteiger partial charge on any atom is 0.274 e. The minimum Gasteiger partial charge on any atom is -0.378 e. The second-order valence-electron chi connectivity index (χ2n) is 5.86. The van der Waals surface area contributed by atoms with E-state index in [4.69, 9.17) is 17.0 Å². The predicted octanol–water partition coefficient (Wildman–Crippen LogP) is 1.32. The first-order valence-electron chi connectivity index (χ1n) is 8.00. The normalized spacial score (nSPS) is 14.9. The Bertz CT molecular complexity index is 552. The molecule has 1 aliphatic heterocycles. The largest absolute Gasteiger partial charge is 0.378 e. The van der Waals surface area contributed by atoms with Crippen molar-refractivity contribution in [3.8, 4) is 0 Å². The van der Waals surface area contributed by atoms with Gasteiger partial charge in [0.05, 0.1) is 25.1 Å². The van der Waals surface area contributed by atoms with E-state index in [-0.39, 0.29) is 5.91 Å². The number of aryl methyl sites for hydroxylation is 1. The van der Waals surface area contributed by atoms with Crippen molar-refractivity contribution in [2.75, 3.05) is 38.2 Å². The summed E-state index contributed by atoms with van der Waals surface area (Å²) in [4.78, 5) is 14.6. The summed E-state index contributed by atoms with van der Waals surface area (Å²) >= 11 is 5.30. The van der Waals surface area contributed by atoms with Crippen LogP contribution in [0.2, 0.25) is 0 Å². The Hall–Kier alpha value is -1.67. The van der Waals surface area contributed by atoms with Crippen molar-refractivity contribution >= 4 is 28.9 Å². The number of amides is 1. The summed E-state index contributed by atoms with van der Waals surface area (Å²) in [7, 11) is 0. The van der Waals surface area contributed by atoms with E-state index < -0.39 is 0 Å². The Labute approximate surface area is 142 Å². The van der Waals surface area contributed by atoms with Gasteiger partial charge in [-0.1, -0.05) is 13.8 Å². The van der Waals surface area contributed by atoms with Crippen molar-refractivity contribution < 1.29 is 9.53 Å². The van der Waals surface area contributed by atoms with E-state index in [1.807, 2.05) is 6.92 Å². The molecule has 8 heteroatoms. The fraction of sp³-hybridized carbons (Fsp3) is 0.667. The monoisotopic (exact) mass is 339 g/mol. The van der Waals surface area contributed by atoms with Gasteiger partial charge in [-0.15, -0.1) is 0 Å². The van der Waals surface area contributed by atoms with Crippen LogP contribution in [-0.4, -0.2) is 58.5 Å². The van der Waals surface area contributed by atoms with E-state index in [1.54, 1.807) is 15.8 Å². The maximum absolute atomic E-state index is 12.8. The molecular weight excluding hydrogens is 314 g/mol. The molecule has 0 radical (unpaired) electrons. The third kappa shape index (κ3) is 4.65. The van der Waals surface area contributed by atoms with Crippen molar-refractivity contribution in [1.29, 1.82) is 0 Å². The minimum absolute atomic E-state index is 0.0400. The number of hydrogen-bond donors (Lipinski definition) is 2. The average molecular weight is 339 g/mol. The molecule has 1 saturated heterocycles. The molecule has 0 aliphatic carbocycles. The number of carbonyl (C=O) groups excluding carboxylic acids is 1. The van der Waals surface area contributed by atoms with Crippen LogP contribution in [0.4, 0.5) is 5.69 Å². The smallest absolute Gasteiger partial charge is 0.274 e. The molecule has 0 aromatic carbocycles. The summed E-state index contributed by atoms with van der Waals surface area (Å²) in [6.45, 7) is 9.93. The number of anilines is 1. The number of hydrogen-bond acceptors (Lipinski definition) is 4. The van der Waals surface area contributed by atoms with Crippen LogP contribution in [0.25, 0.3) is 0 Å². The van der Waals surface area contributed by atoms with E-state index in [0.29, 0.717) is 55.3 Å². The third-order valence-corrected chi connectivity index (χ3v) is 3.81. The van der Waals surface area contributed by atoms with Crippen LogP contribution in [0.15, 0.2) is 6.20 Å². The third-order valence-electron chi connectivity index (χ3n) is 3.56. The number of nitrogens with zero attached hydrogens (tertiary/aromatic N) is 3. The van der Waals surface area contributed by atoms with Gasteiger partial charge in [-0.25, -0.2) is 0 Å². The van der Waals surface area contributed by atoms with Gasteiger partial charge in [0.1, 0.15) is 5.69 Å². The summed E-state index contributed by atoms with van der Waals surface area (Å²) < 4.78 is 7.01. The summed E-state index contributed by atoms with van der Waals surface area (Å²) in [6, 6.07) is 0. The second kappa shape index (κ2) is 8.26. The molecule has 2 N–H and O–H groups in total. The van der Waals surface area contributed by atoms with Crippen molar-refractivity contribution in [3.05, 3.63) is 11.9 Å². The molecule has 0 unspecified atom stereocenters. The standard InChI is InChI=1S/C15H25N5O2S/c1-4-20-13(14(21)19-5-7-22-8-6-19)12(10-17-20)18-15(23)16-9-11(2)3/h10-11H,4-9H2,1-3H3,(H2,16,18,23). The van der Waals surface area contributed by atoms with Crippen LogP contribution in [0.1, 0.15) is 31.3 Å². The van der Waals surface area contributed by atoms with Gasteiger partial charge in [-0.05, 0) is 25.1 Å². The summed E-state index contributed by atoms with van der Waals surface area (Å²) in [6.07, 6.45) is 1.65. The fourth-order valence-electron chi connectivity index (χ4n) is 2.32. The van der Waals surface area contributed by atoms with Gasteiger partial charge in [-0.2, -0.15) is 5.10 Å². The molecule has 2 rings (SSSR count). The zero-order valence-electron chi connectivity index (χ0n) is 14.0. The lowest BCUT2D eigenvalue weighted by Gasteiger charge is -2.27. The predicted molar refractivity (Wildman–Crippen MR) is 93.7 cm³/mol. The SMILES string of the molecule is CCn1ncc(NC(=S)NCC(C)C)c1C(=O)N1CCOCC1. The molecule has 0 atom stereocenters. The first-order chi connectivity index (χ1) is 11.0. The zero-order valence-corrected chi connectivity index (χ0v) is 14.8. The molecule has 7 nitrogen and oxygen atoms in total. The highest BCUT2D eigenvalue weighted by Crippen LogP contribution is 2.18. The molecule has 0 saturated carbocycles. The lowest BCUT2D eigenvalue weighted by atomic mass is 10.2. The lowest BCUT2D eigenvalue weighted by molar-refractivity contribution is 0.0295. The highest BCUT2D eigenvalue weighted by atomic mass is 32.1. The lowest BCUT2D eigenvalue weighted by Crippen LogP contribution is -2.42. The van der Waals surface area contributed by atoms with Crippen LogP contribution < -0.4 is 10.6 Å². The van der Waals surface area contributed by atoms with E-state index >= 15 is 0 Å². The first kappa shape index (κ1) is 17.7. The topological polar surface area (TPSA) is 71.4 Å². The zero-order chi connectivity index (χ0) is 16.8. The summed E-state index contributed by atoms with van der Waals surface area (Å²) in [5.41, 5.74) is 1.19. The van der Waals surface area contributed by atoms with Gasteiger partial charge in [0.2, 0.25) is 0 Å². The molecule has 2 heterocycles. The Morgan fingerprint density at radius 2 is 2.13 bits per heavy atom. The maximum atomic E-state index is 12.8. The molecule has 1 amide bonds. The molecule has 0 bridgehead atoms. The second-order valence-corrected chi connectivity index (χ2v) is 6.26. The Kier molecular flexibility index (Phi) is 6.35. The van der Waals surface area contributed by atoms with Crippen LogP contribution >= 0.6 is 12.2 Å². The van der Waals surface area contributed by atoms with E-state index in [9.17, 15) is 4.79 Å². The minimum atomic E-state index is -0.0400. The van der Waals surface area contributed by atoms with Gasteiger partial charge in [-0.3, -0.25) is 9.48 Å². The van der Waals surface area contributed by atoms with Crippen LogP contribution in [0.3, 0.4) is 0 Å². The molecule has 0 spiro atoms. The van der Waals surface area contributed by atoms with Gasteiger partial charge in [0, 0.05) is 26.2 Å². The van der Waals surface area contributed by atoms with Crippen molar-refractivity contribution in [1.82, 2.24) is 20.0 Å². The average Bonchev–Trinajstić information content (AvgIpc) is 2.95. The van der Waals surface area contributed by atoms with Crippen molar-refractivity contribution in [2.45, 2.75) is 27.3 Å². The summed E-state index contributed by atoms with van der Waals surface area (Å²) in [5, 5.41) is 11.0. The van der Waals surface area contributed by atoms with Crippen LogP contribution in [0.5, 0.6) is 0 Å². The number of nitrogens with one attached hydrogen (secondary N) is 2. The number of rotatable bonds is 5. The number of morpholine rings is 1. The molecule has 1 aliphatic rings. The van der Waals surface area contributed by atoms with Gasteiger partial charge in [0.15, 0.2) is 5.11 Å². The first-order valence-corrected chi connectivity index (χ1v) is 8.41. The van der Waals surface area contributed by atoms with Gasteiger partial charge >= 0.3 is 0 Å². The summed E-state index contributed by atoms with van der Waals surface area (Å²) in [5.74, 6) is 0.448. The molecule has 1 aromatic heterocycles. The van der Waals surface area contributed by atoms with Crippen LogP contribution in [-0.2, 0) is 11.3 Å². The number of thiocarbonyl (C=S) groups is 1. The van der Waals surface area contributed by atoms with E-state index in [0.717, 1.165) is 6.54 Å². The molecule has 23 heavy (non-hydrogen) atoms. The Morgan fingerprint density at radius 1 is 1.43 bits per heavy atom. The molecule has 128 valence electrons. The van der Waals surface area contributed by atoms with Gasteiger partial charge in [0.25, 0.3) is 5.91 Å². The van der Waals surface area contributed by atoms with Gasteiger partial charge < -0.3 is 20.3 Å². The number of aromatic nitrogens is 2. The van der Waals surface area contributed by atoms with E-state index in [1.165, 1.54) is 0 Å². The Balaban J connectivity index is 2.12. The van der Waals surface area contributed by atoms with E-state index in [2.05, 4.69) is 29.6 Å². The highest BCUT2D eigenvalue weighted by Gasteiger charge is 2.25. The molecule has 1 aromatic rings. The Morgan fingerprint density at radius 3 is 2.74 bits per heavy atom. The fourth-order valence-corrected chi connectivity index (χ4v) is 2.52. The molecule has 1 fully saturated rings. The quantitative estimate of drug-likeness (QED) is 0.789. The number of carbonyl (C=O) groups is 1. The molecular formula is C15H25N5O2S. The highest BCUT2D eigenvalue weighted by molar-refractivity contribution is 7.80. The number of ether oxygens (including phenoxy) is 1. The van der Waals surface area contributed by atoms with Crippen LogP contribution in [0, 0.1) is 5.92 Å². The van der Waals surface area contributed by atoms with Crippen molar-refractivity contribution in [2.24, 2.45) is 5.92 Å². The van der Waals surface area contributed by atoms with Crippen molar-refractivity contribution in [3.63, 3.8) is 0 Å².